The molecule has 1 amide bonds. The maximum Gasteiger partial charge on any atom is 0.240 e. The lowest BCUT2D eigenvalue weighted by atomic mass is 9.97. The second-order valence-electron chi connectivity index (χ2n) is 6.51. The number of imidazole rings is 1. The smallest absolute Gasteiger partial charge is 0.240 e. The fourth-order valence-electron chi connectivity index (χ4n) is 3.31. The molecule has 3 aromatic rings. The Morgan fingerprint density at radius 2 is 2.12 bits per heavy atom. The number of rotatable bonds is 5. The minimum atomic E-state index is 0.0205. The van der Waals surface area contributed by atoms with Crippen molar-refractivity contribution in [3.05, 3.63) is 43.0 Å². The van der Waals surface area contributed by atoms with Crippen molar-refractivity contribution in [2.45, 2.75) is 19.4 Å². The van der Waals surface area contributed by atoms with Crippen molar-refractivity contribution in [2.75, 3.05) is 25.0 Å². The van der Waals surface area contributed by atoms with Gasteiger partial charge in [0.2, 0.25) is 5.91 Å². The fraction of sp³-hybridized carbons (Fsp3) is 0.389. The first-order valence-corrected chi connectivity index (χ1v) is 9.41. The van der Waals surface area contributed by atoms with Crippen LogP contribution in [-0.2, 0) is 11.3 Å². The zero-order chi connectivity index (χ0) is 17.1. The van der Waals surface area contributed by atoms with Gasteiger partial charge in [0.15, 0.2) is 5.13 Å². The second kappa shape index (κ2) is 7.33. The van der Waals surface area contributed by atoms with E-state index in [1.54, 1.807) is 0 Å². The maximum atomic E-state index is 12.3. The summed E-state index contributed by atoms with van der Waals surface area (Å²) in [5.74, 6) is 0.685. The van der Waals surface area contributed by atoms with Gasteiger partial charge in [0.25, 0.3) is 0 Å². The van der Waals surface area contributed by atoms with Crippen molar-refractivity contribution in [1.29, 1.82) is 0 Å². The lowest BCUT2D eigenvalue weighted by molar-refractivity contribution is -0.117. The molecule has 1 fully saturated rings. The monoisotopic (exact) mass is 355 g/mol. The summed E-state index contributed by atoms with van der Waals surface area (Å²) in [5, 5.41) is 3.62. The van der Waals surface area contributed by atoms with E-state index in [0.717, 1.165) is 42.7 Å². The number of likely N-dealkylation sites (tertiary alicyclic amines) is 1. The van der Waals surface area contributed by atoms with Gasteiger partial charge in [0.05, 0.1) is 23.1 Å². The number of amides is 1. The average molecular weight is 355 g/mol. The van der Waals surface area contributed by atoms with Crippen LogP contribution >= 0.6 is 11.3 Å². The highest BCUT2D eigenvalue weighted by Gasteiger charge is 2.21. The third-order valence-electron chi connectivity index (χ3n) is 4.64. The number of benzene rings is 1. The first-order valence-electron chi connectivity index (χ1n) is 8.60. The van der Waals surface area contributed by atoms with E-state index < -0.39 is 0 Å². The van der Waals surface area contributed by atoms with Gasteiger partial charge in [-0.1, -0.05) is 23.5 Å². The molecule has 0 spiro atoms. The lowest BCUT2D eigenvalue weighted by Crippen LogP contribution is -2.39. The normalized spacial score (nSPS) is 16.3. The third-order valence-corrected chi connectivity index (χ3v) is 5.59. The molecule has 0 aliphatic carbocycles. The number of para-hydroxylation sites is 1. The van der Waals surface area contributed by atoms with Crippen LogP contribution in [0.1, 0.15) is 12.8 Å². The number of fused-ring (bicyclic) bond motifs is 1. The van der Waals surface area contributed by atoms with Gasteiger partial charge in [-0.15, -0.1) is 0 Å². The maximum absolute atomic E-state index is 12.3. The first kappa shape index (κ1) is 16.2. The standard InChI is InChI=1S/C18H21N5OS/c24-17(21-18-20-15-3-1-2-4-16(15)25-18)12-22-8-5-14(6-9-22)11-23-10-7-19-13-23/h1-4,7,10,13-14H,5-6,8-9,11-12H2,(H,20,21,24). The van der Waals surface area contributed by atoms with Gasteiger partial charge in [0, 0.05) is 18.9 Å². The van der Waals surface area contributed by atoms with E-state index >= 15 is 0 Å². The Balaban J connectivity index is 1.26. The van der Waals surface area contributed by atoms with Crippen molar-refractivity contribution in [3.8, 4) is 0 Å². The van der Waals surface area contributed by atoms with Gasteiger partial charge in [0.1, 0.15) is 0 Å². The van der Waals surface area contributed by atoms with E-state index in [-0.39, 0.29) is 5.91 Å². The number of anilines is 1. The van der Waals surface area contributed by atoms with Crippen LogP contribution in [0.2, 0.25) is 0 Å². The Kier molecular flexibility index (Phi) is 4.76. The minimum absolute atomic E-state index is 0.0205. The SMILES string of the molecule is O=C(CN1CCC(Cn2ccnc2)CC1)Nc1nc2ccccc2s1. The fourth-order valence-corrected chi connectivity index (χ4v) is 4.19. The topological polar surface area (TPSA) is 63.1 Å². The van der Waals surface area contributed by atoms with Gasteiger partial charge >= 0.3 is 0 Å². The molecule has 0 radical (unpaired) electrons. The number of carbonyl (C=O) groups excluding carboxylic acids is 1. The number of aromatic nitrogens is 3. The van der Waals surface area contributed by atoms with Crippen LogP contribution < -0.4 is 5.32 Å². The molecule has 1 saturated heterocycles. The molecule has 25 heavy (non-hydrogen) atoms. The molecule has 0 saturated carbocycles. The molecule has 6 nitrogen and oxygen atoms in total. The van der Waals surface area contributed by atoms with Crippen molar-refractivity contribution in [3.63, 3.8) is 0 Å². The molecule has 0 atom stereocenters. The molecule has 7 heteroatoms. The quantitative estimate of drug-likeness (QED) is 0.764. The Morgan fingerprint density at radius 3 is 2.88 bits per heavy atom. The summed E-state index contributed by atoms with van der Waals surface area (Å²) in [5.41, 5.74) is 0.933. The Bertz CT molecular complexity index is 803. The first-order chi connectivity index (χ1) is 12.3. The summed E-state index contributed by atoms with van der Waals surface area (Å²) in [6.45, 7) is 3.39. The van der Waals surface area contributed by atoms with Crippen molar-refractivity contribution < 1.29 is 4.79 Å². The highest BCUT2D eigenvalue weighted by molar-refractivity contribution is 7.22. The summed E-state index contributed by atoms with van der Waals surface area (Å²) in [6.07, 6.45) is 7.94. The van der Waals surface area contributed by atoms with E-state index in [9.17, 15) is 4.79 Å². The molecular formula is C18H21N5OS. The summed E-state index contributed by atoms with van der Waals surface area (Å²) >= 11 is 1.52. The largest absolute Gasteiger partial charge is 0.337 e. The van der Waals surface area contributed by atoms with E-state index in [1.165, 1.54) is 11.3 Å². The predicted octanol–water partition coefficient (Wildman–Crippen LogP) is 2.84. The highest BCUT2D eigenvalue weighted by atomic mass is 32.1. The van der Waals surface area contributed by atoms with Gasteiger partial charge < -0.3 is 9.88 Å². The van der Waals surface area contributed by atoms with E-state index in [0.29, 0.717) is 17.6 Å². The molecule has 1 aliphatic rings. The number of piperidine rings is 1. The molecule has 130 valence electrons. The summed E-state index contributed by atoms with van der Waals surface area (Å²) in [7, 11) is 0. The van der Waals surface area contributed by atoms with Crippen molar-refractivity contribution >= 4 is 32.6 Å². The van der Waals surface area contributed by atoms with Crippen LogP contribution in [0.3, 0.4) is 0 Å². The summed E-state index contributed by atoms with van der Waals surface area (Å²) in [4.78, 5) is 23.1. The van der Waals surface area contributed by atoms with E-state index in [4.69, 9.17) is 0 Å². The number of thiazole rings is 1. The van der Waals surface area contributed by atoms with E-state index in [2.05, 4.69) is 24.8 Å². The molecule has 1 aromatic carbocycles. The number of nitrogens with one attached hydrogen (secondary N) is 1. The van der Waals surface area contributed by atoms with E-state index in [1.807, 2.05) is 43.0 Å². The Morgan fingerprint density at radius 1 is 1.28 bits per heavy atom. The zero-order valence-corrected chi connectivity index (χ0v) is 14.8. The molecule has 1 aliphatic heterocycles. The Labute approximate surface area is 150 Å². The molecule has 2 aromatic heterocycles. The number of carbonyl (C=O) groups is 1. The van der Waals surface area contributed by atoms with Crippen LogP contribution in [0.15, 0.2) is 43.0 Å². The Hall–Kier alpha value is -2.25. The van der Waals surface area contributed by atoms with Crippen LogP contribution in [0.5, 0.6) is 0 Å². The molecule has 4 rings (SSSR count). The van der Waals surface area contributed by atoms with Gasteiger partial charge in [-0.05, 0) is 44.0 Å². The number of hydrogen-bond donors (Lipinski definition) is 1. The number of nitrogens with zero attached hydrogens (tertiary/aromatic N) is 4. The summed E-state index contributed by atoms with van der Waals surface area (Å²) < 4.78 is 3.23. The number of hydrogen-bond acceptors (Lipinski definition) is 5. The zero-order valence-electron chi connectivity index (χ0n) is 14.0. The van der Waals surface area contributed by atoms with Gasteiger partial charge in [-0.3, -0.25) is 9.69 Å². The van der Waals surface area contributed by atoms with Crippen LogP contribution in [0, 0.1) is 5.92 Å². The van der Waals surface area contributed by atoms with Crippen molar-refractivity contribution in [1.82, 2.24) is 19.4 Å². The van der Waals surface area contributed by atoms with Crippen LogP contribution in [0.4, 0.5) is 5.13 Å². The highest BCUT2D eigenvalue weighted by Crippen LogP contribution is 2.25. The average Bonchev–Trinajstić information content (AvgIpc) is 3.25. The van der Waals surface area contributed by atoms with Gasteiger partial charge in [-0.2, -0.15) is 0 Å². The minimum Gasteiger partial charge on any atom is -0.337 e. The predicted molar refractivity (Wildman–Crippen MR) is 99.6 cm³/mol. The van der Waals surface area contributed by atoms with Crippen LogP contribution in [0.25, 0.3) is 10.2 Å². The second-order valence-corrected chi connectivity index (χ2v) is 7.54. The van der Waals surface area contributed by atoms with Crippen LogP contribution in [-0.4, -0.2) is 45.0 Å². The molecule has 0 bridgehead atoms. The molecule has 1 N–H and O–H groups in total. The van der Waals surface area contributed by atoms with Gasteiger partial charge in [-0.25, -0.2) is 9.97 Å². The molecule has 0 unspecified atom stereocenters. The summed E-state index contributed by atoms with van der Waals surface area (Å²) in [6, 6.07) is 7.93. The molecule has 3 heterocycles. The third kappa shape index (κ3) is 4.05. The molecular weight excluding hydrogens is 334 g/mol. The lowest BCUT2D eigenvalue weighted by Gasteiger charge is -2.31. The van der Waals surface area contributed by atoms with Crippen molar-refractivity contribution in [2.24, 2.45) is 5.92 Å².